The van der Waals surface area contributed by atoms with Crippen molar-refractivity contribution in [1.29, 1.82) is 0 Å². The van der Waals surface area contributed by atoms with Gasteiger partial charge in [-0.25, -0.2) is 4.79 Å². The number of carbonyl (C=O) groups is 1. The monoisotopic (exact) mass is 315 g/mol. The average molecular weight is 315 g/mol. The SMILES string of the molecule is CC(N)C1CCCN(C(=O)Nc2cccc(C(F)(F)F)c2)C1. The van der Waals surface area contributed by atoms with Gasteiger partial charge in [-0.05, 0) is 43.9 Å². The maximum Gasteiger partial charge on any atom is 0.416 e. The van der Waals surface area contributed by atoms with E-state index in [1.807, 2.05) is 6.92 Å². The minimum atomic E-state index is -4.42. The molecule has 2 unspecified atom stereocenters. The van der Waals surface area contributed by atoms with Crippen molar-refractivity contribution in [2.45, 2.75) is 32.0 Å². The molecule has 0 radical (unpaired) electrons. The molecule has 122 valence electrons. The lowest BCUT2D eigenvalue weighted by molar-refractivity contribution is -0.137. The summed E-state index contributed by atoms with van der Waals surface area (Å²) in [5.74, 6) is 0.223. The lowest BCUT2D eigenvalue weighted by Gasteiger charge is -2.34. The topological polar surface area (TPSA) is 58.4 Å². The molecule has 1 aromatic carbocycles. The van der Waals surface area contributed by atoms with Crippen molar-refractivity contribution in [3.63, 3.8) is 0 Å². The number of urea groups is 1. The standard InChI is InChI=1S/C15H20F3N3O/c1-10(19)11-4-3-7-21(9-11)14(22)20-13-6-2-5-12(8-13)15(16,17)18/h2,5-6,8,10-11H,3-4,7,9,19H2,1H3,(H,20,22). The molecular formula is C15H20F3N3O. The number of alkyl halides is 3. The Hall–Kier alpha value is -1.76. The van der Waals surface area contributed by atoms with Crippen LogP contribution < -0.4 is 11.1 Å². The molecule has 2 atom stereocenters. The summed E-state index contributed by atoms with van der Waals surface area (Å²) in [5, 5.41) is 2.53. The van der Waals surface area contributed by atoms with Crippen molar-refractivity contribution >= 4 is 11.7 Å². The smallest absolute Gasteiger partial charge is 0.328 e. The van der Waals surface area contributed by atoms with E-state index in [2.05, 4.69) is 5.32 Å². The lowest BCUT2D eigenvalue weighted by atomic mass is 9.92. The average Bonchev–Trinajstić information content (AvgIpc) is 2.46. The number of nitrogens with two attached hydrogens (primary N) is 1. The zero-order valence-electron chi connectivity index (χ0n) is 12.4. The van der Waals surface area contributed by atoms with Crippen molar-refractivity contribution in [3.8, 4) is 0 Å². The molecule has 3 N–H and O–H groups in total. The van der Waals surface area contributed by atoms with Crippen LogP contribution in [0.3, 0.4) is 0 Å². The van der Waals surface area contributed by atoms with Gasteiger partial charge in [-0.1, -0.05) is 6.07 Å². The molecule has 1 aliphatic heterocycles. The summed E-state index contributed by atoms with van der Waals surface area (Å²) >= 11 is 0. The summed E-state index contributed by atoms with van der Waals surface area (Å²) in [6, 6.07) is 4.24. The Morgan fingerprint density at radius 3 is 2.82 bits per heavy atom. The first kappa shape index (κ1) is 16.6. The first-order valence-corrected chi connectivity index (χ1v) is 7.26. The van der Waals surface area contributed by atoms with Crippen LogP contribution >= 0.6 is 0 Å². The molecule has 1 fully saturated rings. The zero-order valence-corrected chi connectivity index (χ0v) is 12.4. The highest BCUT2D eigenvalue weighted by Crippen LogP contribution is 2.30. The molecule has 0 saturated carbocycles. The van der Waals surface area contributed by atoms with E-state index in [0.29, 0.717) is 13.1 Å². The molecule has 0 aromatic heterocycles. The Balaban J connectivity index is 2.03. The molecule has 1 heterocycles. The number of rotatable bonds is 2. The largest absolute Gasteiger partial charge is 0.416 e. The number of nitrogens with one attached hydrogen (secondary N) is 1. The van der Waals surface area contributed by atoms with E-state index in [0.717, 1.165) is 25.0 Å². The summed E-state index contributed by atoms with van der Waals surface area (Å²) in [4.78, 5) is 13.8. The summed E-state index contributed by atoms with van der Waals surface area (Å²) in [6.45, 7) is 3.02. The van der Waals surface area contributed by atoms with E-state index in [9.17, 15) is 18.0 Å². The van der Waals surface area contributed by atoms with E-state index in [-0.39, 0.29) is 23.7 Å². The third-order valence-electron chi connectivity index (χ3n) is 3.93. The van der Waals surface area contributed by atoms with Crippen LogP contribution in [-0.4, -0.2) is 30.1 Å². The fourth-order valence-electron chi connectivity index (χ4n) is 2.60. The predicted molar refractivity (Wildman–Crippen MR) is 78.4 cm³/mol. The van der Waals surface area contributed by atoms with Crippen LogP contribution in [0.25, 0.3) is 0 Å². The number of likely N-dealkylation sites (tertiary alicyclic amines) is 1. The van der Waals surface area contributed by atoms with E-state index in [1.54, 1.807) is 4.90 Å². The molecule has 7 heteroatoms. The Labute approximate surface area is 127 Å². The zero-order chi connectivity index (χ0) is 16.3. The third kappa shape index (κ3) is 4.13. The third-order valence-corrected chi connectivity index (χ3v) is 3.93. The summed E-state index contributed by atoms with van der Waals surface area (Å²) in [6.07, 6.45) is -2.61. The van der Waals surface area contributed by atoms with Gasteiger partial charge in [0.1, 0.15) is 0 Å². The summed E-state index contributed by atoms with van der Waals surface area (Å²) in [5.41, 5.74) is 5.23. The maximum absolute atomic E-state index is 12.7. The number of carbonyl (C=O) groups excluding carboxylic acids is 1. The number of amides is 2. The molecular weight excluding hydrogens is 295 g/mol. The Kier molecular flexibility index (Phi) is 4.95. The van der Waals surface area contributed by atoms with Gasteiger partial charge >= 0.3 is 12.2 Å². The van der Waals surface area contributed by atoms with E-state index in [4.69, 9.17) is 5.73 Å². The normalized spacial score (nSPS) is 20.6. The molecule has 1 aromatic rings. The first-order valence-electron chi connectivity index (χ1n) is 7.26. The van der Waals surface area contributed by atoms with E-state index >= 15 is 0 Å². The molecule has 0 bridgehead atoms. The van der Waals surface area contributed by atoms with Crippen LogP contribution in [-0.2, 0) is 6.18 Å². The summed E-state index contributed by atoms with van der Waals surface area (Å²) in [7, 11) is 0. The maximum atomic E-state index is 12.7. The van der Waals surface area contributed by atoms with Crippen molar-refractivity contribution in [2.75, 3.05) is 18.4 Å². The van der Waals surface area contributed by atoms with Crippen molar-refractivity contribution in [2.24, 2.45) is 11.7 Å². The molecule has 0 aliphatic carbocycles. The number of hydrogen-bond acceptors (Lipinski definition) is 2. The van der Waals surface area contributed by atoms with Gasteiger partial charge in [0, 0.05) is 24.8 Å². The summed E-state index contributed by atoms with van der Waals surface area (Å²) < 4.78 is 38.0. The van der Waals surface area contributed by atoms with Crippen LogP contribution in [0.4, 0.5) is 23.7 Å². The van der Waals surface area contributed by atoms with Gasteiger partial charge in [0.25, 0.3) is 0 Å². The van der Waals surface area contributed by atoms with Crippen LogP contribution in [0, 0.1) is 5.92 Å². The second-order valence-corrected chi connectivity index (χ2v) is 5.72. The minimum absolute atomic E-state index is 0.0100. The predicted octanol–water partition coefficient (Wildman–Crippen LogP) is 3.30. The first-order chi connectivity index (χ1) is 10.3. The molecule has 0 spiro atoms. The lowest BCUT2D eigenvalue weighted by Crippen LogP contribution is -2.46. The molecule has 4 nitrogen and oxygen atoms in total. The minimum Gasteiger partial charge on any atom is -0.328 e. The number of anilines is 1. The van der Waals surface area contributed by atoms with E-state index in [1.165, 1.54) is 12.1 Å². The van der Waals surface area contributed by atoms with Crippen LogP contribution in [0.1, 0.15) is 25.3 Å². The fraction of sp³-hybridized carbons (Fsp3) is 0.533. The quantitative estimate of drug-likeness (QED) is 0.880. The van der Waals surface area contributed by atoms with E-state index < -0.39 is 11.7 Å². The number of piperidine rings is 1. The van der Waals surface area contributed by atoms with Gasteiger partial charge in [0.2, 0.25) is 0 Å². The highest BCUT2D eigenvalue weighted by molar-refractivity contribution is 5.89. The molecule has 22 heavy (non-hydrogen) atoms. The van der Waals surface area contributed by atoms with Gasteiger partial charge in [-0.2, -0.15) is 13.2 Å². The van der Waals surface area contributed by atoms with Gasteiger partial charge in [-0.3, -0.25) is 0 Å². The van der Waals surface area contributed by atoms with Gasteiger partial charge in [0.15, 0.2) is 0 Å². The van der Waals surface area contributed by atoms with Gasteiger partial charge < -0.3 is 16.0 Å². The number of halogens is 3. The van der Waals surface area contributed by atoms with Crippen molar-refractivity contribution < 1.29 is 18.0 Å². The second kappa shape index (κ2) is 6.56. The highest BCUT2D eigenvalue weighted by Gasteiger charge is 2.31. The molecule has 1 aliphatic rings. The van der Waals surface area contributed by atoms with Gasteiger partial charge in [0.05, 0.1) is 5.56 Å². The van der Waals surface area contributed by atoms with Crippen LogP contribution in [0.2, 0.25) is 0 Å². The number of nitrogens with zero attached hydrogens (tertiary/aromatic N) is 1. The Morgan fingerprint density at radius 1 is 1.45 bits per heavy atom. The Bertz CT molecular complexity index is 531. The molecule has 2 amide bonds. The number of hydrogen-bond donors (Lipinski definition) is 2. The van der Waals surface area contributed by atoms with Crippen molar-refractivity contribution in [3.05, 3.63) is 29.8 Å². The van der Waals surface area contributed by atoms with Crippen molar-refractivity contribution in [1.82, 2.24) is 4.90 Å². The number of benzene rings is 1. The molecule has 1 saturated heterocycles. The Morgan fingerprint density at radius 2 is 2.18 bits per heavy atom. The fourth-order valence-corrected chi connectivity index (χ4v) is 2.60. The second-order valence-electron chi connectivity index (χ2n) is 5.72. The highest BCUT2D eigenvalue weighted by atomic mass is 19.4. The van der Waals surface area contributed by atoms with Gasteiger partial charge in [-0.15, -0.1) is 0 Å². The van der Waals surface area contributed by atoms with Crippen LogP contribution in [0.5, 0.6) is 0 Å². The van der Waals surface area contributed by atoms with Crippen LogP contribution in [0.15, 0.2) is 24.3 Å². The molecule has 2 rings (SSSR count).